The zero-order valence-corrected chi connectivity index (χ0v) is 16.3. The number of fused-ring (bicyclic) bond motifs is 3. The molecule has 0 spiro atoms. The third-order valence-electron chi connectivity index (χ3n) is 6.15. The first-order chi connectivity index (χ1) is 12.5. The largest absolute Gasteiger partial charge is 0.352 e. The highest BCUT2D eigenvalue weighted by atomic mass is 32.2. The Morgan fingerprint density at radius 3 is 2.42 bits per heavy atom. The first kappa shape index (κ1) is 17.7. The Kier molecular flexibility index (Phi) is 4.24. The van der Waals surface area contributed by atoms with E-state index in [0.29, 0.717) is 4.90 Å². The van der Waals surface area contributed by atoms with Crippen LogP contribution < -0.4 is 0 Å². The summed E-state index contributed by atoms with van der Waals surface area (Å²) in [4.78, 5) is 0.443. The maximum Gasteiger partial charge on any atom is 0.179 e. The van der Waals surface area contributed by atoms with Gasteiger partial charge in [-0.25, -0.2) is 8.42 Å². The van der Waals surface area contributed by atoms with Gasteiger partial charge in [0, 0.05) is 11.5 Å². The van der Waals surface area contributed by atoms with E-state index < -0.39 is 21.0 Å². The average Bonchev–Trinajstić information content (AvgIpc) is 3.36. The maximum atomic E-state index is 13.2. The summed E-state index contributed by atoms with van der Waals surface area (Å²) in [6, 6.07) is 17.6. The van der Waals surface area contributed by atoms with Gasteiger partial charge in [-0.3, -0.25) is 0 Å². The lowest BCUT2D eigenvalue weighted by atomic mass is 9.72. The van der Waals surface area contributed by atoms with Crippen LogP contribution in [0.5, 0.6) is 0 Å². The molecule has 1 fully saturated rings. The number of epoxide rings is 1. The van der Waals surface area contributed by atoms with Gasteiger partial charge in [0.2, 0.25) is 0 Å². The van der Waals surface area contributed by atoms with Crippen LogP contribution in [0.1, 0.15) is 50.7 Å². The van der Waals surface area contributed by atoms with Crippen molar-refractivity contribution in [2.45, 2.75) is 55.6 Å². The maximum absolute atomic E-state index is 13.2. The molecule has 0 bridgehead atoms. The Bertz CT molecular complexity index is 906. The number of rotatable bonds is 5. The molecule has 0 aromatic heterocycles. The van der Waals surface area contributed by atoms with Crippen molar-refractivity contribution in [2.24, 2.45) is 5.92 Å². The minimum Gasteiger partial charge on any atom is -0.352 e. The van der Waals surface area contributed by atoms with Crippen molar-refractivity contribution in [3.8, 4) is 0 Å². The van der Waals surface area contributed by atoms with Crippen molar-refractivity contribution in [1.29, 1.82) is 0 Å². The average molecular weight is 371 g/mol. The van der Waals surface area contributed by atoms with Gasteiger partial charge in [0.25, 0.3) is 0 Å². The van der Waals surface area contributed by atoms with Gasteiger partial charge in [0.1, 0.15) is 11.2 Å². The van der Waals surface area contributed by atoms with Crippen molar-refractivity contribution in [1.82, 2.24) is 0 Å². The Morgan fingerprint density at radius 2 is 1.73 bits per heavy atom. The fourth-order valence-corrected chi connectivity index (χ4v) is 6.92. The third-order valence-corrected chi connectivity index (χ3v) is 8.01. The summed E-state index contributed by atoms with van der Waals surface area (Å²) >= 11 is 0. The number of unbranched alkanes of at least 4 members (excludes halogenated alkanes) is 1. The summed E-state index contributed by atoms with van der Waals surface area (Å²) in [5.74, 6) is 0.158. The van der Waals surface area contributed by atoms with Gasteiger partial charge >= 0.3 is 0 Å². The summed E-state index contributed by atoms with van der Waals surface area (Å²) in [5, 5.41) is 0. The predicted molar refractivity (Wildman–Crippen MR) is 103 cm³/mol. The summed E-state index contributed by atoms with van der Waals surface area (Å²) in [7, 11) is -3.33. The third kappa shape index (κ3) is 2.31. The van der Waals surface area contributed by atoms with Crippen molar-refractivity contribution in [3.05, 3.63) is 65.7 Å². The Labute approximate surface area is 156 Å². The van der Waals surface area contributed by atoms with E-state index in [2.05, 4.69) is 26.0 Å². The molecule has 0 N–H and O–H groups in total. The Morgan fingerprint density at radius 1 is 1.04 bits per heavy atom. The summed E-state index contributed by atoms with van der Waals surface area (Å²) in [5.41, 5.74) is 0.806. The smallest absolute Gasteiger partial charge is 0.179 e. The topological polar surface area (TPSA) is 46.7 Å². The quantitative estimate of drug-likeness (QED) is 0.717. The molecule has 26 heavy (non-hydrogen) atoms. The Hall–Kier alpha value is -1.65. The van der Waals surface area contributed by atoms with E-state index in [-0.39, 0.29) is 11.7 Å². The zero-order valence-electron chi connectivity index (χ0n) is 15.4. The van der Waals surface area contributed by atoms with Gasteiger partial charge in [-0.15, -0.1) is 0 Å². The second-order valence-corrected chi connectivity index (χ2v) is 9.53. The van der Waals surface area contributed by atoms with E-state index in [9.17, 15) is 8.42 Å². The molecule has 3 atom stereocenters. The number of hydrogen-bond donors (Lipinski definition) is 0. The number of benzene rings is 2. The number of sulfone groups is 1. The molecule has 3 unspecified atom stereocenters. The summed E-state index contributed by atoms with van der Waals surface area (Å²) in [6.07, 6.45) is 3.79. The molecular weight excluding hydrogens is 344 g/mol. The fourth-order valence-electron chi connectivity index (χ4n) is 4.87. The van der Waals surface area contributed by atoms with Gasteiger partial charge in [0.15, 0.2) is 9.84 Å². The van der Waals surface area contributed by atoms with Crippen LogP contribution in [0.4, 0.5) is 0 Å². The lowest BCUT2D eigenvalue weighted by molar-refractivity contribution is 0.202. The van der Waals surface area contributed by atoms with Gasteiger partial charge in [-0.05, 0) is 24.5 Å². The summed E-state index contributed by atoms with van der Waals surface area (Å²) in [6.45, 7) is 4.26. The lowest BCUT2D eigenvalue weighted by Gasteiger charge is -2.25. The minimum absolute atomic E-state index is 0.00773. The number of hydrogen-bond acceptors (Lipinski definition) is 3. The van der Waals surface area contributed by atoms with Gasteiger partial charge in [0.05, 0.1) is 10.6 Å². The second kappa shape index (κ2) is 6.21. The normalized spacial score (nSPS) is 31.5. The van der Waals surface area contributed by atoms with Crippen molar-refractivity contribution in [3.63, 3.8) is 0 Å². The first-order valence-corrected chi connectivity index (χ1v) is 11.2. The van der Waals surface area contributed by atoms with Gasteiger partial charge < -0.3 is 4.74 Å². The molecule has 2 aromatic carbocycles. The van der Waals surface area contributed by atoms with Crippen LogP contribution in [0.3, 0.4) is 0 Å². The molecule has 3 nitrogen and oxygen atoms in total. The fraction of sp³-hybridized carbons (Fsp3) is 0.455. The summed E-state index contributed by atoms with van der Waals surface area (Å²) < 4.78 is 33.0. The molecule has 0 saturated carbocycles. The van der Waals surface area contributed by atoms with Crippen LogP contribution in [0.25, 0.3) is 0 Å². The van der Waals surface area contributed by atoms with Crippen molar-refractivity contribution in [2.75, 3.05) is 5.75 Å². The van der Waals surface area contributed by atoms with E-state index >= 15 is 0 Å². The molecule has 0 aliphatic carbocycles. The lowest BCUT2D eigenvalue weighted by Crippen LogP contribution is -2.34. The molecule has 138 valence electrons. The van der Waals surface area contributed by atoms with Gasteiger partial charge in [-0.1, -0.05) is 75.2 Å². The molecule has 1 saturated heterocycles. The monoisotopic (exact) mass is 370 g/mol. The number of ether oxygens (including phenoxy) is 1. The molecular formula is C22H26O3S. The first-order valence-electron chi connectivity index (χ1n) is 9.60. The minimum atomic E-state index is -3.33. The molecule has 4 rings (SSSR count). The van der Waals surface area contributed by atoms with Crippen molar-refractivity contribution < 1.29 is 13.2 Å². The molecule has 4 heteroatoms. The van der Waals surface area contributed by atoms with Crippen LogP contribution in [0.15, 0.2) is 59.5 Å². The highest BCUT2D eigenvalue weighted by molar-refractivity contribution is 7.91. The zero-order chi connectivity index (χ0) is 18.4. The van der Waals surface area contributed by atoms with E-state index in [1.54, 1.807) is 6.07 Å². The van der Waals surface area contributed by atoms with Crippen LogP contribution >= 0.6 is 0 Å². The SMILES string of the molecule is CCCCC12OC1(c1ccccc1)c1ccccc1S(=O)(=O)CC2CC. The standard InChI is InChI=1S/C22H26O3S/c1-3-5-15-21-17(4-2)16-26(23,24)20-14-10-9-13-19(20)22(21,25-21)18-11-7-6-8-12-18/h6-14,17H,3-5,15-16H2,1-2H3. The highest BCUT2D eigenvalue weighted by Gasteiger charge is 2.75. The van der Waals surface area contributed by atoms with E-state index in [1.807, 2.05) is 36.4 Å². The van der Waals surface area contributed by atoms with Crippen molar-refractivity contribution >= 4 is 9.84 Å². The molecule has 2 aliphatic rings. The Balaban J connectivity index is 2.01. The van der Waals surface area contributed by atoms with Crippen LogP contribution in [0.2, 0.25) is 0 Å². The van der Waals surface area contributed by atoms with Crippen LogP contribution in [0, 0.1) is 5.92 Å². The molecule has 2 heterocycles. The van der Waals surface area contributed by atoms with E-state index in [4.69, 9.17) is 4.74 Å². The predicted octanol–water partition coefficient (Wildman–Crippen LogP) is 4.70. The second-order valence-electron chi connectivity index (χ2n) is 7.53. The molecule has 0 amide bonds. The highest BCUT2D eigenvalue weighted by Crippen LogP contribution is 2.68. The molecule has 2 aliphatic heterocycles. The molecule has 2 aromatic rings. The molecule has 0 radical (unpaired) electrons. The van der Waals surface area contributed by atoms with E-state index in [1.165, 1.54) is 0 Å². The van der Waals surface area contributed by atoms with Crippen LogP contribution in [-0.2, 0) is 20.2 Å². The van der Waals surface area contributed by atoms with Crippen LogP contribution in [-0.4, -0.2) is 19.8 Å². The van der Waals surface area contributed by atoms with E-state index in [0.717, 1.165) is 36.8 Å². The van der Waals surface area contributed by atoms with Gasteiger partial charge in [-0.2, -0.15) is 0 Å².